The summed E-state index contributed by atoms with van der Waals surface area (Å²) in [4.78, 5) is 12.3. The Bertz CT molecular complexity index is 611. The van der Waals surface area contributed by atoms with Gasteiger partial charge in [0, 0.05) is 0 Å². The van der Waals surface area contributed by atoms with Crippen LogP contribution in [0.25, 0.3) is 11.4 Å². The van der Waals surface area contributed by atoms with Crippen molar-refractivity contribution in [2.45, 2.75) is 13.0 Å². The highest BCUT2D eigenvalue weighted by Crippen LogP contribution is 2.34. The number of hydrogen-bond acceptors (Lipinski definition) is 7. The summed E-state index contributed by atoms with van der Waals surface area (Å²) in [6, 6.07) is 4.87. The highest BCUT2D eigenvalue weighted by molar-refractivity contribution is 5.69. The number of rotatable bonds is 5. The second-order valence-electron chi connectivity index (χ2n) is 3.89. The number of aromatic nitrogens is 4. The molecule has 2 aromatic rings. The number of ether oxygens (including phenoxy) is 2. The SMILES string of the molecule is COC(=O)CCn1nnc(-c2cccc(O)c2OC)n1. The maximum absolute atomic E-state index is 11.0. The number of methoxy groups -OCH3 is 2. The van der Waals surface area contributed by atoms with E-state index in [1.165, 1.54) is 25.1 Å². The predicted octanol–water partition coefficient (Wildman–Crippen LogP) is 0.617. The first kappa shape index (κ1) is 13.8. The number of aryl methyl sites for hydroxylation is 1. The lowest BCUT2D eigenvalue weighted by Crippen LogP contribution is -2.09. The quantitative estimate of drug-likeness (QED) is 0.800. The van der Waals surface area contributed by atoms with Crippen LogP contribution in [-0.4, -0.2) is 45.5 Å². The van der Waals surface area contributed by atoms with Crippen molar-refractivity contribution in [2.75, 3.05) is 14.2 Å². The number of para-hydroxylation sites is 1. The summed E-state index contributed by atoms with van der Waals surface area (Å²) in [7, 11) is 2.76. The molecule has 8 heteroatoms. The molecule has 1 aromatic carbocycles. The van der Waals surface area contributed by atoms with Crippen molar-refractivity contribution in [1.29, 1.82) is 0 Å². The predicted molar refractivity (Wildman–Crippen MR) is 68.1 cm³/mol. The zero-order valence-corrected chi connectivity index (χ0v) is 11.1. The molecule has 106 valence electrons. The van der Waals surface area contributed by atoms with Crippen LogP contribution < -0.4 is 4.74 Å². The average Bonchev–Trinajstić information content (AvgIpc) is 2.93. The normalized spacial score (nSPS) is 10.3. The first-order valence-corrected chi connectivity index (χ1v) is 5.86. The van der Waals surface area contributed by atoms with Gasteiger partial charge in [0.15, 0.2) is 11.5 Å². The van der Waals surface area contributed by atoms with Gasteiger partial charge in [-0.1, -0.05) is 6.07 Å². The van der Waals surface area contributed by atoms with E-state index in [4.69, 9.17) is 4.74 Å². The fourth-order valence-corrected chi connectivity index (χ4v) is 1.65. The number of carbonyl (C=O) groups is 1. The molecule has 0 bridgehead atoms. The Morgan fingerprint density at radius 1 is 1.40 bits per heavy atom. The summed E-state index contributed by atoms with van der Waals surface area (Å²) in [5.74, 6) is 0.234. The molecule has 1 heterocycles. The van der Waals surface area contributed by atoms with Gasteiger partial charge in [-0.3, -0.25) is 4.79 Å². The summed E-state index contributed by atoms with van der Waals surface area (Å²) in [5.41, 5.74) is 0.525. The van der Waals surface area contributed by atoms with E-state index in [1.54, 1.807) is 12.1 Å². The number of tetrazole rings is 1. The third-order valence-corrected chi connectivity index (χ3v) is 2.64. The Balaban J connectivity index is 2.21. The van der Waals surface area contributed by atoms with Crippen molar-refractivity contribution in [2.24, 2.45) is 0 Å². The molecule has 20 heavy (non-hydrogen) atoms. The van der Waals surface area contributed by atoms with Gasteiger partial charge in [-0.25, -0.2) is 0 Å². The van der Waals surface area contributed by atoms with Crippen LogP contribution in [0.5, 0.6) is 11.5 Å². The van der Waals surface area contributed by atoms with Gasteiger partial charge in [0.2, 0.25) is 5.82 Å². The van der Waals surface area contributed by atoms with Crippen molar-refractivity contribution < 1.29 is 19.4 Å². The van der Waals surface area contributed by atoms with Gasteiger partial charge < -0.3 is 14.6 Å². The highest BCUT2D eigenvalue weighted by atomic mass is 16.5. The topological polar surface area (TPSA) is 99.4 Å². The molecule has 0 aliphatic heterocycles. The molecular weight excluding hydrogens is 264 g/mol. The summed E-state index contributed by atoms with van der Waals surface area (Å²) in [5, 5.41) is 21.5. The van der Waals surface area contributed by atoms with E-state index in [0.717, 1.165) is 0 Å². The zero-order valence-electron chi connectivity index (χ0n) is 11.1. The minimum atomic E-state index is -0.348. The number of phenolic OH excluding ortho intramolecular Hbond substituents is 1. The van der Waals surface area contributed by atoms with Crippen LogP contribution in [0.2, 0.25) is 0 Å². The van der Waals surface area contributed by atoms with Crippen LogP contribution in [0.4, 0.5) is 0 Å². The van der Waals surface area contributed by atoms with Crippen LogP contribution in [0.1, 0.15) is 6.42 Å². The monoisotopic (exact) mass is 278 g/mol. The number of nitrogens with zero attached hydrogens (tertiary/aromatic N) is 4. The number of hydrogen-bond donors (Lipinski definition) is 1. The first-order valence-electron chi connectivity index (χ1n) is 5.86. The van der Waals surface area contributed by atoms with E-state index in [2.05, 4.69) is 20.1 Å². The number of phenols is 1. The van der Waals surface area contributed by atoms with Gasteiger partial charge in [0.05, 0.1) is 32.7 Å². The molecule has 0 fully saturated rings. The molecule has 2 rings (SSSR count). The largest absolute Gasteiger partial charge is 0.504 e. The van der Waals surface area contributed by atoms with Gasteiger partial charge >= 0.3 is 5.97 Å². The van der Waals surface area contributed by atoms with Crippen molar-refractivity contribution in [1.82, 2.24) is 20.2 Å². The van der Waals surface area contributed by atoms with E-state index in [-0.39, 0.29) is 30.4 Å². The van der Waals surface area contributed by atoms with Crippen molar-refractivity contribution >= 4 is 5.97 Å². The second kappa shape index (κ2) is 6.00. The number of carbonyl (C=O) groups excluding carboxylic acids is 1. The fourth-order valence-electron chi connectivity index (χ4n) is 1.65. The summed E-state index contributed by atoms with van der Waals surface area (Å²) < 4.78 is 9.65. The van der Waals surface area contributed by atoms with Crippen LogP contribution >= 0.6 is 0 Å². The Morgan fingerprint density at radius 2 is 2.20 bits per heavy atom. The van der Waals surface area contributed by atoms with Crippen molar-refractivity contribution in [3.05, 3.63) is 18.2 Å². The average molecular weight is 278 g/mol. The molecule has 1 N–H and O–H groups in total. The molecule has 0 aliphatic carbocycles. The lowest BCUT2D eigenvalue weighted by atomic mass is 10.2. The molecule has 0 amide bonds. The van der Waals surface area contributed by atoms with Crippen LogP contribution in [-0.2, 0) is 16.1 Å². The minimum absolute atomic E-state index is 0.00379. The van der Waals surface area contributed by atoms with Gasteiger partial charge in [0.1, 0.15) is 0 Å². The van der Waals surface area contributed by atoms with Gasteiger partial charge in [0.25, 0.3) is 0 Å². The molecule has 1 aromatic heterocycles. The second-order valence-corrected chi connectivity index (χ2v) is 3.89. The van der Waals surface area contributed by atoms with Crippen LogP contribution in [0.3, 0.4) is 0 Å². The standard InChI is InChI=1S/C12H14N4O4/c1-19-10(18)6-7-16-14-12(13-15-16)8-4-3-5-9(17)11(8)20-2/h3-5,17H,6-7H2,1-2H3. The van der Waals surface area contributed by atoms with E-state index in [0.29, 0.717) is 11.4 Å². The van der Waals surface area contributed by atoms with Crippen LogP contribution in [0, 0.1) is 0 Å². The zero-order chi connectivity index (χ0) is 14.5. The molecule has 8 nitrogen and oxygen atoms in total. The molecule has 0 spiro atoms. The Hall–Kier alpha value is -2.64. The Labute approximate surface area is 114 Å². The van der Waals surface area contributed by atoms with Crippen molar-refractivity contribution in [3.8, 4) is 22.9 Å². The molecule has 0 atom stereocenters. The lowest BCUT2D eigenvalue weighted by Gasteiger charge is -2.06. The lowest BCUT2D eigenvalue weighted by molar-refractivity contribution is -0.140. The molecule has 0 saturated carbocycles. The van der Waals surface area contributed by atoms with E-state index < -0.39 is 0 Å². The molecule has 0 unspecified atom stereocenters. The molecular formula is C12H14N4O4. The maximum atomic E-state index is 11.0. The van der Waals surface area contributed by atoms with Gasteiger partial charge in [-0.2, -0.15) is 4.80 Å². The Kier molecular flexibility index (Phi) is 4.14. The van der Waals surface area contributed by atoms with Crippen molar-refractivity contribution in [3.63, 3.8) is 0 Å². The Morgan fingerprint density at radius 3 is 2.90 bits per heavy atom. The van der Waals surface area contributed by atoms with E-state index in [9.17, 15) is 9.90 Å². The van der Waals surface area contributed by atoms with Gasteiger partial charge in [-0.05, 0) is 17.3 Å². The number of esters is 1. The minimum Gasteiger partial charge on any atom is -0.504 e. The van der Waals surface area contributed by atoms with Gasteiger partial charge in [-0.15, -0.1) is 10.2 Å². The summed E-state index contributed by atoms with van der Waals surface area (Å²) in [6.07, 6.45) is 0.156. The smallest absolute Gasteiger partial charge is 0.307 e. The third kappa shape index (κ3) is 2.85. The van der Waals surface area contributed by atoms with Crippen LogP contribution in [0.15, 0.2) is 18.2 Å². The first-order chi connectivity index (χ1) is 9.65. The number of benzene rings is 1. The van der Waals surface area contributed by atoms with E-state index >= 15 is 0 Å². The summed E-state index contributed by atoms with van der Waals surface area (Å²) in [6.45, 7) is 0.265. The highest BCUT2D eigenvalue weighted by Gasteiger charge is 2.15. The summed E-state index contributed by atoms with van der Waals surface area (Å²) >= 11 is 0. The molecule has 0 saturated heterocycles. The fraction of sp³-hybridized carbons (Fsp3) is 0.333. The molecule has 0 radical (unpaired) electrons. The third-order valence-electron chi connectivity index (χ3n) is 2.64. The molecule has 0 aliphatic rings. The maximum Gasteiger partial charge on any atom is 0.307 e. The van der Waals surface area contributed by atoms with E-state index in [1.807, 2.05) is 0 Å². The number of aromatic hydroxyl groups is 1.